The third kappa shape index (κ3) is 3.14. The summed E-state index contributed by atoms with van der Waals surface area (Å²) in [5, 5.41) is 0. The number of piperidine rings is 1. The molecule has 2 nitrogen and oxygen atoms in total. The Labute approximate surface area is 96.6 Å². The van der Waals surface area contributed by atoms with E-state index in [1.807, 2.05) is 4.90 Å². The monoisotopic (exact) mass is 232 g/mol. The summed E-state index contributed by atoms with van der Waals surface area (Å²) in [6, 6.07) is 0. The first-order chi connectivity index (χ1) is 7.59. The highest BCUT2D eigenvalue weighted by Crippen LogP contribution is 2.26. The van der Waals surface area contributed by atoms with Crippen molar-refractivity contribution < 1.29 is 8.78 Å². The number of halogens is 2. The molecule has 2 aliphatic heterocycles. The van der Waals surface area contributed by atoms with Crippen molar-refractivity contribution in [2.24, 2.45) is 5.92 Å². The van der Waals surface area contributed by atoms with E-state index in [-0.39, 0.29) is 13.1 Å². The van der Waals surface area contributed by atoms with Gasteiger partial charge in [0.15, 0.2) is 0 Å². The zero-order chi connectivity index (χ0) is 11.6. The molecule has 0 aliphatic carbocycles. The fraction of sp³-hybridized carbons (Fsp3) is 1.00. The molecular weight excluding hydrogens is 210 g/mol. The van der Waals surface area contributed by atoms with Gasteiger partial charge in [0.2, 0.25) is 0 Å². The predicted octanol–water partition coefficient (Wildman–Crippen LogP) is 2.06. The van der Waals surface area contributed by atoms with Gasteiger partial charge in [0.05, 0.1) is 13.1 Å². The SMILES string of the molecule is CC[C@H]1CCCN(CCN2CC(F)(F)C2)C1. The average molecular weight is 232 g/mol. The number of rotatable bonds is 4. The van der Waals surface area contributed by atoms with Gasteiger partial charge in [0.1, 0.15) is 0 Å². The van der Waals surface area contributed by atoms with Crippen molar-refractivity contribution in [1.82, 2.24) is 9.80 Å². The van der Waals surface area contributed by atoms with Gasteiger partial charge in [-0.1, -0.05) is 13.3 Å². The number of hydrogen-bond donors (Lipinski definition) is 0. The Kier molecular flexibility index (Phi) is 3.80. The van der Waals surface area contributed by atoms with E-state index in [0.29, 0.717) is 0 Å². The van der Waals surface area contributed by atoms with Crippen LogP contribution in [-0.2, 0) is 0 Å². The molecule has 94 valence electrons. The van der Waals surface area contributed by atoms with Crippen LogP contribution in [0.25, 0.3) is 0 Å². The Morgan fingerprint density at radius 2 is 1.88 bits per heavy atom. The van der Waals surface area contributed by atoms with Gasteiger partial charge in [-0.15, -0.1) is 0 Å². The minimum absolute atomic E-state index is 0.0297. The third-order valence-corrected chi connectivity index (χ3v) is 3.82. The van der Waals surface area contributed by atoms with E-state index in [1.54, 1.807) is 0 Å². The maximum atomic E-state index is 12.6. The Hall–Kier alpha value is -0.220. The van der Waals surface area contributed by atoms with Gasteiger partial charge in [-0.3, -0.25) is 4.90 Å². The standard InChI is InChI=1S/C12H22F2N2/c1-2-11-4-3-5-15(8-11)6-7-16-9-12(13,14)10-16/h11H,2-10H2,1H3/t11-/m0/s1. The maximum absolute atomic E-state index is 12.6. The van der Waals surface area contributed by atoms with Gasteiger partial charge in [0.25, 0.3) is 5.92 Å². The van der Waals surface area contributed by atoms with E-state index in [4.69, 9.17) is 0 Å². The highest BCUT2D eigenvalue weighted by Gasteiger charge is 2.43. The topological polar surface area (TPSA) is 6.48 Å². The highest BCUT2D eigenvalue weighted by molar-refractivity contribution is 4.87. The van der Waals surface area contributed by atoms with Crippen LogP contribution >= 0.6 is 0 Å². The molecule has 0 amide bonds. The fourth-order valence-electron chi connectivity index (χ4n) is 2.74. The van der Waals surface area contributed by atoms with Crippen LogP contribution in [0.3, 0.4) is 0 Å². The van der Waals surface area contributed by atoms with Crippen molar-refractivity contribution in [3.63, 3.8) is 0 Å². The maximum Gasteiger partial charge on any atom is 0.272 e. The molecule has 2 saturated heterocycles. The van der Waals surface area contributed by atoms with E-state index < -0.39 is 5.92 Å². The van der Waals surface area contributed by atoms with Crippen LogP contribution in [0.1, 0.15) is 26.2 Å². The van der Waals surface area contributed by atoms with E-state index in [0.717, 1.165) is 25.6 Å². The summed E-state index contributed by atoms with van der Waals surface area (Å²) in [5.41, 5.74) is 0. The molecule has 4 heteroatoms. The molecule has 2 fully saturated rings. The highest BCUT2D eigenvalue weighted by atomic mass is 19.3. The summed E-state index contributed by atoms with van der Waals surface area (Å²) in [6.45, 7) is 6.28. The second kappa shape index (κ2) is 4.96. The summed E-state index contributed by atoms with van der Waals surface area (Å²) in [4.78, 5) is 4.30. The second-order valence-electron chi connectivity index (χ2n) is 5.28. The van der Waals surface area contributed by atoms with Gasteiger partial charge in [-0.2, -0.15) is 0 Å². The molecule has 0 radical (unpaired) electrons. The molecule has 1 atom stereocenters. The van der Waals surface area contributed by atoms with Crippen molar-refractivity contribution in [3.05, 3.63) is 0 Å². The van der Waals surface area contributed by atoms with E-state index in [1.165, 1.54) is 25.8 Å². The van der Waals surface area contributed by atoms with Crippen molar-refractivity contribution >= 4 is 0 Å². The smallest absolute Gasteiger partial charge is 0.272 e. The third-order valence-electron chi connectivity index (χ3n) is 3.82. The molecule has 0 aromatic heterocycles. The summed E-state index contributed by atoms with van der Waals surface area (Å²) >= 11 is 0. The molecule has 2 aliphatic rings. The lowest BCUT2D eigenvalue weighted by molar-refractivity contribution is -0.131. The van der Waals surface area contributed by atoms with Crippen LogP contribution in [0.4, 0.5) is 8.78 Å². The van der Waals surface area contributed by atoms with Crippen LogP contribution in [0, 0.1) is 5.92 Å². The normalized spacial score (nSPS) is 31.3. The Balaban J connectivity index is 1.63. The van der Waals surface area contributed by atoms with Crippen LogP contribution in [0.5, 0.6) is 0 Å². The second-order valence-corrected chi connectivity index (χ2v) is 5.28. The lowest BCUT2D eigenvalue weighted by atomic mass is 9.96. The van der Waals surface area contributed by atoms with Crippen LogP contribution in [0.2, 0.25) is 0 Å². The Morgan fingerprint density at radius 1 is 1.19 bits per heavy atom. The van der Waals surface area contributed by atoms with Gasteiger partial charge in [-0.25, -0.2) is 8.78 Å². The lowest BCUT2D eigenvalue weighted by Gasteiger charge is -2.40. The number of likely N-dealkylation sites (tertiary alicyclic amines) is 2. The summed E-state index contributed by atoms with van der Waals surface area (Å²) in [6.07, 6.45) is 3.86. The van der Waals surface area contributed by atoms with Crippen molar-refractivity contribution in [2.45, 2.75) is 32.1 Å². The molecule has 0 N–H and O–H groups in total. The zero-order valence-corrected chi connectivity index (χ0v) is 10.1. The molecule has 0 bridgehead atoms. The number of alkyl halides is 2. The Morgan fingerprint density at radius 3 is 2.50 bits per heavy atom. The molecule has 16 heavy (non-hydrogen) atoms. The van der Waals surface area contributed by atoms with E-state index in [9.17, 15) is 8.78 Å². The molecule has 2 heterocycles. The van der Waals surface area contributed by atoms with Gasteiger partial charge in [-0.05, 0) is 25.3 Å². The first kappa shape index (κ1) is 12.2. The van der Waals surface area contributed by atoms with Gasteiger partial charge in [0, 0.05) is 19.6 Å². The van der Waals surface area contributed by atoms with Gasteiger partial charge < -0.3 is 4.90 Å². The van der Waals surface area contributed by atoms with Gasteiger partial charge >= 0.3 is 0 Å². The number of hydrogen-bond acceptors (Lipinski definition) is 2. The van der Waals surface area contributed by atoms with E-state index >= 15 is 0 Å². The zero-order valence-electron chi connectivity index (χ0n) is 10.1. The minimum atomic E-state index is -2.41. The molecule has 0 unspecified atom stereocenters. The van der Waals surface area contributed by atoms with Crippen LogP contribution in [-0.4, -0.2) is 55.0 Å². The van der Waals surface area contributed by atoms with E-state index in [2.05, 4.69) is 11.8 Å². The minimum Gasteiger partial charge on any atom is -0.302 e. The quantitative estimate of drug-likeness (QED) is 0.732. The largest absolute Gasteiger partial charge is 0.302 e. The Bertz CT molecular complexity index is 225. The summed E-state index contributed by atoms with van der Waals surface area (Å²) in [5.74, 6) is -1.58. The molecule has 0 aromatic rings. The molecule has 2 rings (SSSR count). The predicted molar refractivity (Wildman–Crippen MR) is 60.8 cm³/mol. The first-order valence-corrected chi connectivity index (χ1v) is 6.41. The molecule has 0 spiro atoms. The average Bonchev–Trinajstić information content (AvgIpc) is 2.23. The van der Waals surface area contributed by atoms with Crippen molar-refractivity contribution in [1.29, 1.82) is 0 Å². The molecule has 0 aromatic carbocycles. The van der Waals surface area contributed by atoms with Crippen LogP contribution < -0.4 is 0 Å². The fourth-order valence-corrected chi connectivity index (χ4v) is 2.74. The first-order valence-electron chi connectivity index (χ1n) is 6.41. The number of nitrogens with zero attached hydrogens (tertiary/aromatic N) is 2. The lowest BCUT2D eigenvalue weighted by Crippen LogP contribution is -2.57. The molecular formula is C12H22F2N2. The summed E-state index contributed by atoms with van der Waals surface area (Å²) < 4.78 is 25.2. The van der Waals surface area contributed by atoms with Crippen LogP contribution in [0.15, 0.2) is 0 Å². The van der Waals surface area contributed by atoms with Crippen molar-refractivity contribution in [2.75, 3.05) is 39.3 Å². The summed E-state index contributed by atoms with van der Waals surface area (Å²) in [7, 11) is 0. The molecule has 0 saturated carbocycles. The van der Waals surface area contributed by atoms with Crippen molar-refractivity contribution in [3.8, 4) is 0 Å².